The lowest BCUT2D eigenvalue weighted by Crippen LogP contribution is -2.29. The zero-order valence-electron chi connectivity index (χ0n) is 19.4. The summed E-state index contributed by atoms with van der Waals surface area (Å²) in [5.41, 5.74) is 2.16. The van der Waals surface area contributed by atoms with Gasteiger partial charge < -0.3 is 14.8 Å². The number of nitrogens with zero attached hydrogens (tertiary/aromatic N) is 1. The smallest absolute Gasteiger partial charge is 0.251 e. The molecule has 0 bridgehead atoms. The maximum Gasteiger partial charge on any atom is 0.251 e. The molecule has 0 aromatic heterocycles. The number of carbonyl (C=O) groups excluding carboxylic acids is 1. The highest BCUT2D eigenvalue weighted by atomic mass is 32.2. The van der Waals surface area contributed by atoms with Crippen molar-refractivity contribution >= 4 is 21.6 Å². The van der Waals surface area contributed by atoms with Crippen LogP contribution in [0.5, 0.6) is 11.5 Å². The molecule has 0 fully saturated rings. The number of halogens is 1. The first-order valence-corrected chi connectivity index (χ1v) is 12.3. The molecule has 0 heterocycles. The van der Waals surface area contributed by atoms with Crippen molar-refractivity contribution in [2.24, 2.45) is 0 Å². The summed E-state index contributed by atoms with van der Waals surface area (Å²) in [4.78, 5) is 12.8. The first kappa shape index (κ1) is 25.0. The summed E-state index contributed by atoms with van der Waals surface area (Å²) in [6.45, 7) is 1.87. The number of carbonyl (C=O) groups is 1. The number of anilines is 1. The summed E-state index contributed by atoms with van der Waals surface area (Å²) in [6.07, 6.45) is 1.10. The fraction of sp³-hybridized carbons (Fsp3) is 0.240. The molecule has 1 amide bonds. The minimum absolute atomic E-state index is 0.0390. The van der Waals surface area contributed by atoms with Gasteiger partial charge >= 0.3 is 0 Å². The van der Waals surface area contributed by atoms with Crippen molar-refractivity contribution in [3.63, 3.8) is 0 Å². The summed E-state index contributed by atoms with van der Waals surface area (Å²) in [6, 6.07) is 16.8. The number of amides is 1. The zero-order valence-corrected chi connectivity index (χ0v) is 20.2. The van der Waals surface area contributed by atoms with Crippen LogP contribution in [0, 0.1) is 5.82 Å². The molecule has 0 radical (unpaired) electrons. The van der Waals surface area contributed by atoms with Crippen molar-refractivity contribution in [1.82, 2.24) is 5.32 Å². The van der Waals surface area contributed by atoms with Crippen LogP contribution in [0.15, 0.2) is 66.7 Å². The first-order chi connectivity index (χ1) is 16.1. The van der Waals surface area contributed by atoms with Gasteiger partial charge in [0, 0.05) is 11.1 Å². The molecule has 0 saturated heterocycles. The molecule has 34 heavy (non-hydrogen) atoms. The largest absolute Gasteiger partial charge is 0.497 e. The molecule has 9 heteroatoms. The van der Waals surface area contributed by atoms with Gasteiger partial charge in [-0.05, 0) is 67.1 Å². The normalized spacial score (nSPS) is 12.0. The van der Waals surface area contributed by atoms with Crippen LogP contribution in [0.3, 0.4) is 0 Å². The van der Waals surface area contributed by atoms with Crippen LogP contribution in [0.2, 0.25) is 0 Å². The molecule has 0 spiro atoms. The molecule has 3 rings (SSSR count). The van der Waals surface area contributed by atoms with E-state index in [-0.39, 0.29) is 18.5 Å². The molecule has 0 aliphatic carbocycles. The van der Waals surface area contributed by atoms with Gasteiger partial charge in [0.2, 0.25) is 10.0 Å². The van der Waals surface area contributed by atoms with Crippen molar-refractivity contribution in [2.45, 2.75) is 19.5 Å². The quantitative estimate of drug-likeness (QED) is 0.488. The SMILES string of the molecule is COc1ccc(OC)c(C(C)NC(=O)c2ccc(N(Cc3ccc(F)cc3)S(C)(=O)=O)cc2)c1. The Balaban J connectivity index is 1.78. The maximum atomic E-state index is 13.2. The van der Waals surface area contributed by atoms with E-state index in [4.69, 9.17) is 9.47 Å². The number of methoxy groups -OCH3 is 2. The Kier molecular flexibility index (Phi) is 7.78. The van der Waals surface area contributed by atoms with E-state index in [1.807, 2.05) is 6.92 Å². The Bertz CT molecular complexity index is 1250. The van der Waals surface area contributed by atoms with Crippen LogP contribution in [0.1, 0.15) is 34.5 Å². The van der Waals surface area contributed by atoms with E-state index < -0.39 is 15.8 Å². The maximum absolute atomic E-state index is 13.2. The molecule has 3 aromatic rings. The van der Waals surface area contributed by atoms with E-state index in [2.05, 4.69) is 5.32 Å². The summed E-state index contributed by atoms with van der Waals surface area (Å²) in [5, 5.41) is 2.92. The van der Waals surface area contributed by atoms with E-state index in [0.29, 0.717) is 28.3 Å². The van der Waals surface area contributed by atoms with Crippen LogP contribution in [-0.2, 0) is 16.6 Å². The lowest BCUT2D eigenvalue weighted by molar-refractivity contribution is 0.0939. The third-order valence-corrected chi connectivity index (χ3v) is 6.45. The first-order valence-electron chi connectivity index (χ1n) is 10.5. The Hall–Kier alpha value is -3.59. The standard InChI is InChI=1S/C25H27FN2O5S/c1-17(23-15-22(32-2)13-14-24(23)33-3)27-25(29)19-7-11-21(12-8-19)28(34(4,30)31)16-18-5-9-20(26)10-6-18/h5-15,17H,16H2,1-4H3,(H,27,29). The van der Waals surface area contributed by atoms with E-state index in [9.17, 15) is 17.6 Å². The van der Waals surface area contributed by atoms with Crippen LogP contribution < -0.4 is 19.1 Å². The van der Waals surface area contributed by atoms with Gasteiger partial charge in [-0.15, -0.1) is 0 Å². The van der Waals surface area contributed by atoms with Gasteiger partial charge in [0.25, 0.3) is 5.91 Å². The summed E-state index contributed by atoms with van der Waals surface area (Å²) in [5.74, 6) is 0.538. The number of sulfonamides is 1. The Labute approximate surface area is 199 Å². The van der Waals surface area contributed by atoms with Gasteiger partial charge in [-0.25, -0.2) is 12.8 Å². The molecule has 1 atom stereocenters. The van der Waals surface area contributed by atoms with Crippen molar-refractivity contribution in [1.29, 1.82) is 0 Å². The van der Waals surface area contributed by atoms with Crippen LogP contribution >= 0.6 is 0 Å². The zero-order chi connectivity index (χ0) is 24.9. The Morgan fingerprint density at radius 3 is 2.21 bits per heavy atom. The fourth-order valence-corrected chi connectivity index (χ4v) is 4.36. The third kappa shape index (κ3) is 6.05. The number of rotatable bonds is 9. The fourth-order valence-electron chi connectivity index (χ4n) is 3.47. The van der Waals surface area contributed by atoms with Crippen molar-refractivity contribution in [2.75, 3.05) is 24.8 Å². The average molecular weight is 487 g/mol. The van der Waals surface area contributed by atoms with Gasteiger partial charge in [0.05, 0.1) is 38.7 Å². The number of nitrogens with one attached hydrogen (secondary N) is 1. The molecule has 7 nitrogen and oxygen atoms in total. The molecular weight excluding hydrogens is 459 g/mol. The molecule has 1 unspecified atom stereocenters. The summed E-state index contributed by atoms with van der Waals surface area (Å²) < 4.78 is 49.8. The van der Waals surface area contributed by atoms with Crippen LogP contribution in [0.4, 0.5) is 10.1 Å². The number of hydrogen-bond acceptors (Lipinski definition) is 5. The van der Waals surface area contributed by atoms with Gasteiger partial charge in [-0.3, -0.25) is 9.10 Å². The minimum Gasteiger partial charge on any atom is -0.497 e. The second kappa shape index (κ2) is 10.6. The van der Waals surface area contributed by atoms with E-state index in [0.717, 1.165) is 11.8 Å². The second-order valence-electron chi connectivity index (χ2n) is 7.75. The molecule has 0 aliphatic rings. The van der Waals surface area contributed by atoms with Crippen molar-refractivity contribution in [3.8, 4) is 11.5 Å². The molecular formula is C25H27FN2O5S. The lowest BCUT2D eigenvalue weighted by Gasteiger charge is -2.23. The van der Waals surface area contributed by atoms with Gasteiger partial charge in [-0.2, -0.15) is 0 Å². The number of ether oxygens (including phenoxy) is 2. The van der Waals surface area contributed by atoms with Crippen LogP contribution in [-0.4, -0.2) is 34.8 Å². The van der Waals surface area contributed by atoms with Gasteiger partial charge in [0.1, 0.15) is 17.3 Å². The molecule has 1 N–H and O–H groups in total. The minimum atomic E-state index is -3.62. The average Bonchev–Trinajstić information content (AvgIpc) is 2.82. The topological polar surface area (TPSA) is 84.9 Å². The predicted octanol–water partition coefficient (Wildman–Crippen LogP) is 4.30. The van der Waals surface area contributed by atoms with Gasteiger partial charge in [0.15, 0.2) is 0 Å². The van der Waals surface area contributed by atoms with Crippen molar-refractivity contribution in [3.05, 3.63) is 89.2 Å². The molecule has 180 valence electrons. The Morgan fingerprint density at radius 1 is 1.00 bits per heavy atom. The predicted molar refractivity (Wildman–Crippen MR) is 129 cm³/mol. The van der Waals surface area contributed by atoms with E-state index >= 15 is 0 Å². The highest BCUT2D eigenvalue weighted by Crippen LogP contribution is 2.29. The van der Waals surface area contributed by atoms with E-state index in [1.165, 1.54) is 28.6 Å². The third-order valence-electron chi connectivity index (χ3n) is 5.31. The molecule has 3 aromatic carbocycles. The number of hydrogen-bond donors (Lipinski definition) is 1. The van der Waals surface area contributed by atoms with E-state index in [1.54, 1.807) is 56.7 Å². The summed E-state index contributed by atoms with van der Waals surface area (Å²) in [7, 11) is -0.500. The highest BCUT2D eigenvalue weighted by Gasteiger charge is 2.20. The monoisotopic (exact) mass is 486 g/mol. The highest BCUT2D eigenvalue weighted by molar-refractivity contribution is 7.92. The van der Waals surface area contributed by atoms with Crippen molar-refractivity contribution < 1.29 is 27.1 Å². The molecule has 0 aliphatic heterocycles. The number of benzene rings is 3. The van der Waals surface area contributed by atoms with Gasteiger partial charge in [-0.1, -0.05) is 12.1 Å². The van der Waals surface area contributed by atoms with Crippen LogP contribution in [0.25, 0.3) is 0 Å². The lowest BCUT2D eigenvalue weighted by atomic mass is 10.1. The second-order valence-corrected chi connectivity index (χ2v) is 9.65. The molecule has 0 saturated carbocycles. The summed E-state index contributed by atoms with van der Waals surface area (Å²) >= 11 is 0. The Morgan fingerprint density at radius 2 is 1.65 bits per heavy atom.